The smallest absolute Gasteiger partial charge is 0.203 e. The summed E-state index contributed by atoms with van der Waals surface area (Å²) in [5, 5.41) is 3.37. The molecular weight excluding hydrogens is 256 g/mol. The van der Waals surface area contributed by atoms with Crippen molar-refractivity contribution in [1.82, 2.24) is 10.3 Å². The first kappa shape index (κ1) is 14.3. The molecule has 0 bridgehead atoms. The highest BCUT2D eigenvalue weighted by atomic mass is 16.5. The summed E-state index contributed by atoms with van der Waals surface area (Å²) in [5.74, 6) is 1.96. The summed E-state index contributed by atoms with van der Waals surface area (Å²) in [6, 6.07) is 5.94. The van der Waals surface area contributed by atoms with Crippen molar-refractivity contribution in [3.05, 3.63) is 41.7 Å². The van der Waals surface area contributed by atoms with Gasteiger partial charge in [0.15, 0.2) is 11.5 Å². The number of hydrogen-bond donors (Lipinski definition) is 2. The third kappa shape index (κ3) is 3.24. The van der Waals surface area contributed by atoms with E-state index in [0.29, 0.717) is 17.2 Å². The van der Waals surface area contributed by atoms with Gasteiger partial charge in [0.05, 0.1) is 21.3 Å². The van der Waals surface area contributed by atoms with Crippen LogP contribution in [0.2, 0.25) is 0 Å². The van der Waals surface area contributed by atoms with Crippen LogP contribution < -0.4 is 19.5 Å². The molecule has 0 aliphatic carbocycles. The molecule has 1 aromatic heterocycles. The van der Waals surface area contributed by atoms with Gasteiger partial charge in [0, 0.05) is 25.5 Å². The van der Waals surface area contributed by atoms with Crippen LogP contribution in [0.15, 0.2) is 30.6 Å². The molecule has 20 heavy (non-hydrogen) atoms. The van der Waals surface area contributed by atoms with Crippen molar-refractivity contribution in [3.8, 4) is 17.2 Å². The van der Waals surface area contributed by atoms with E-state index in [0.717, 1.165) is 18.7 Å². The average Bonchev–Trinajstić information content (AvgIpc) is 2.99. The van der Waals surface area contributed by atoms with Crippen LogP contribution in [-0.2, 0) is 13.1 Å². The van der Waals surface area contributed by atoms with Gasteiger partial charge >= 0.3 is 0 Å². The molecule has 2 N–H and O–H groups in total. The first-order valence-corrected chi connectivity index (χ1v) is 6.39. The largest absolute Gasteiger partial charge is 0.493 e. The molecule has 5 heteroatoms. The summed E-state index contributed by atoms with van der Waals surface area (Å²) < 4.78 is 16.0. The Morgan fingerprint density at radius 2 is 1.60 bits per heavy atom. The predicted octanol–water partition coefficient (Wildman–Crippen LogP) is 2.33. The number of aromatic amines is 1. The zero-order valence-corrected chi connectivity index (χ0v) is 12.0. The van der Waals surface area contributed by atoms with Crippen molar-refractivity contribution in [2.75, 3.05) is 21.3 Å². The second-order valence-electron chi connectivity index (χ2n) is 4.36. The molecule has 0 unspecified atom stereocenters. The standard InChI is InChI=1S/C15H20N2O3/c1-18-13-6-12(7-14(19-2)15(13)20-3)10-17-9-11-4-5-16-8-11/h4-8,16-17H,9-10H2,1-3H3. The third-order valence-electron chi connectivity index (χ3n) is 3.05. The number of benzene rings is 1. The van der Waals surface area contributed by atoms with Gasteiger partial charge in [0.1, 0.15) is 0 Å². The van der Waals surface area contributed by atoms with E-state index in [-0.39, 0.29) is 0 Å². The first-order valence-electron chi connectivity index (χ1n) is 6.39. The first-order chi connectivity index (χ1) is 9.78. The monoisotopic (exact) mass is 276 g/mol. The van der Waals surface area contributed by atoms with E-state index in [9.17, 15) is 0 Å². The molecule has 5 nitrogen and oxygen atoms in total. The Morgan fingerprint density at radius 1 is 0.950 bits per heavy atom. The van der Waals surface area contributed by atoms with Gasteiger partial charge in [0.2, 0.25) is 5.75 Å². The number of hydrogen-bond acceptors (Lipinski definition) is 4. The van der Waals surface area contributed by atoms with Gasteiger partial charge in [-0.25, -0.2) is 0 Å². The van der Waals surface area contributed by atoms with Crippen LogP contribution in [0.4, 0.5) is 0 Å². The SMILES string of the molecule is COc1cc(CNCc2cc[nH]c2)cc(OC)c1OC. The fraction of sp³-hybridized carbons (Fsp3) is 0.333. The van der Waals surface area contributed by atoms with Crippen molar-refractivity contribution in [2.45, 2.75) is 13.1 Å². The van der Waals surface area contributed by atoms with Crippen LogP contribution in [0.25, 0.3) is 0 Å². The Bertz CT molecular complexity index is 513. The number of rotatable bonds is 7. The van der Waals surface area contributed by atoms with Crippen molar-refractivity contribution in [1.29, 1.82) is 0 Å². The van der Waals surface area contributed by atoms with Gasteiger partial charge in [-0.3, -0.25) is 0 Å². The lowest BCUT2D eigenvalue weighted by molar-refractivity contribution is 0.323. The Balaban J connectivity index is 2.07. The number of nitrogens with one attached hydrogen (secondary N) is 2. The Kier molecular flexibility index (Phi) is 4.90. The maximum atomic E-state index is 5.33. The summed E-state index contributed by atoms with van der Waals surface area (Å²) in [5.41, 5.74) is 2.30. The van der Waals surface area contributed by atoms with Crippen LogP contribution in [-0.4, -0.2) is 26.3 Å². The maximum Gasteiger partial charge on any atom is 0.203 e. The summed E-state index contributed by atoms with van der Waals surface area (Å²) in [6.07, 6.45) is 3.89. The number of aromatic nitrogens is 1. The maximum absolute atomic E-state index is 5.33. The van der Waals surface area contributed by atoms with Gasteiger partial charge in [-0.05, 0) is 29.3 Å². The predicted molar refractivity (Wildman–Crippen MR) is 77.4 cm³/mol. The fourth-order valence-electron chi connectivity index (χ4n) is 2.06. The van der Waals surface area contributed by atoms with Crippen molar-refractivity contribution < 1.29 is 14.2 Å². The number of H-pyrrole nitrogens is 1. The second-order valence-corrected chi connectivity index (χ2v) is 4.36. The summed E-state index contributed by atoms with van der Waals surface area (Å²) in [7, 11) is 4.84. The number of ether oxygens (including phenoxy) is 3. The Labute approximate surface area is 118 Å². The fourth-order valence-corrected chi connectivity index (χ4v) is 2.06. The molecule has 0 spiro atoms. The van der Waals surface area contributed by atoms with E-state index in [2.05, 4.69) is 10.3 Å². The minimum Gasteiger partial charge on any atom is -0.493 e. The second kappa shape index (κ2) is 6.86. The van der Waals surface area contributed by atoms with E-state index >= 15 is 0 Å². The van der Waals surface area contributed by atoms with Crippen molar-refractivity contribution >= 4 is 0 Å². The lowest BCUT2D eigenvalue weighted by Crippen LogP contribution is -2.12. The van der Waals surface area contributed by atoms with E-state index in [1.165, 1.54) is 5.56 Å². The van der Waals surface area contributed by atoms with Crippen LogP contribution in [0.5, 0.6) is 17.2 Å². The van der Waals surface area contributed by atoms with Gasteiger partial charge in [-0.1, -0.05) is 0 Å². The lowest BCUT2D eigenvalue weighted by atomic mass is 10.1. The van der Waals surface area contributed by atoms with Crippen molar-refractivity contribution in [2.24, 2.45) is 0 Å². The molecule has 0 saturated carbocycles. The molecule has 0 radical (unpaired) electrons. The normalized spacial score (nSPS) is 10.3. The minimum absolute atomic E-state index is 0.615. The van der Waals surface area contributed by atoms with E-state index < -0.39 is 0 Å². The number of methoxy groups -OCH3 is 3. The molecule has 2 rings (SSSR count). The highest BCUT2D eigenvalue weighted by Gasteiger charge is 2.12. The summed E-state index contributed by atoms with van der Waals surface area (Å²) >= 11 is 0. The zero-order chi connectivity index (χ0) is 14.4. The molecule has 0 aliphatic rings. The highest BCUT2D eigenvalue weighted by Crippen LogP contribution is 2.38. The molecule has 0 fully saturated rings. The summed E-state index contributed by atoms with van der Waals surface area (Å²) in [6.45, 7) is 1.53. The van der Waals surface area contributed by atoms with Gasteiger partial charge in [-0.15, -0.1) is 0 Å². The third-order valence-corrected chi connectivity index (χ3v) is 3.05. The molecule has 0 saturated heterocycles. The lowest BCUT2D eigenvalue weighted by Gasteiger charge is -2.14. The minimum atomic E-state index is 0.615. The molecule has 0 aliphatic heterocycles. The highest BCUT2D eigenvalue weighted by molar-refractivity contribution is 5.53. The van der Waals surface area contributed by atoms with Crippen LogP contribution >= 0.6 is 0 Å². The van der Waals surface area contributed by atoms with Crippen LogP contribution in [0, 0.1) is 0 Å². The van der Waals surface area contributed by atoms with Crippen LogP contribution in [0.3, 0.4) is 0 Å². The van der Waals surface area contributed by atoms with E-state index in [1.807, 2.05) is 30.6 Å². The molecular formula is C15H20N2O3. The molecule has 2 aromatic rings. The molecule has 108 valence electrons. The molecule has 0 atom stereocenters. The summed E-state index contributed by atoms with van der Waals surface area (Å²) in [4.78, 5) is 3.03. The Morgan fingerprint density at radius 3 is 2.10 bits per heavy atom. The van der Waals surface area contributed by atoms with Crippen LogP contribution in [0.1, 0.15) is 11.1 Å². The topological polar surface area (TPSA) is 55.5 Å². The molecule has 1 heterocycles. The van der Waals surface area contributed by atoms with E-state index in [4.69, 9.17) is 14.2 Å². The quantitative estimate of drug-likeness (QED) is 0.815. The van der Waals surface area contributed by atoms with Crippen molar-refractivity contribution in [3.63, 3.8) is 0 Å². The zero-order valence-electron chi connectivity index (χ0n) is 12.0. The van der Waals surface area contributed by atoms with E-state index in [1.54, 1.807) is 21.3 Å². The average molecular weight is 276 g/mol. The molecule has 0 amide bonds. The van der Waals surface area contributed by atoms with Gasteiger partial charge in [-0.2, -0.15) is 0 Å². The van der Waals surface area contributed by atoms with Gasteiger partial charge < -0.3 is 24.5 Å². The Hall–Kier alpha value is -2.14. The van der Waals surface area contributed by atoms with Gasteiger partial charge in [0.25, 0.3) is 0 Å². The molecule has 1 aromatic carbocycles.